The van der Waals surface area contributed by atoms with E-state index in [2.05, 4.69) is 30.8 Å². The Hall–Kier alpha value is -3.32. The van der Waals surface area contributed by atoms with Gasteiger partial charge in [0.05, 0.1) is 0 Å². The number of carbonyl (C=O) groups is 1. The van der Waals surface area contributed by atoms with Crippen molar-refractivity contribution in [3.05, 3.63) is 65.4 Å². The number of halogens is 1. The fourth-order valence-corrected chi connectivity index (χ4v) is 3.64. The lowest BCUT2D eigenvalue weighted by Gasteiger charge is -2.28. The summed E-state index contributed by atoms with van der Waals surface area (Å²) in [5.74, 6) is 2.46. The second-order valence-corrected chi connectivity index (χ2v) is 7.93. The van der Waals surface area contributed by atoms with Crippen LogP contribution in [0.3, 0.4) is 0 Å². The van der Waals surface area contributed by atoms with E-state index in [9.17, 15) is 4.79 Å². The van der Waals surface area contributed by atoms with E-state index in [0.29, 0.717) is 16.4 Å². The molecule has 2 heterocycles. The minimum absolute atomic E-state index is 0.319. The van der Waals surface area contributed by atoms with Crippen LogP contribution in [0.15, 0.2) is 54.6 Å². The molecule has 1 saturated heterocycles. The Morgan fingerprint density at radius 2 is 1.45 bits per heavy atom. The molecule has 1 aromatic heterocycles. The first-order valence-electron chi connectivity index (χ1n) is 10.4. The Labute approximate surface area is 186 Å². The van der Waals surface area contributed by atoms with Crippen molar-refractivity contribution < 1.29 is 4.79 Å². The van der Waals surface area contributed by atoms with Crippen LogP contribution in [-0.2, 0) is 0 Å². The number of aryl methyl sites for hydroxylation is 1. The van der Waals surface area contributed by atoms with E-state index >= 15 is 0 Å². The van der Waals surface area contributed by atoms with Gasteiger partial charge in [-0.15, -0.1) is 0 Å². The number of hydrogen-bond donors (Lipinski definition) is 3. The molecule has 8 heteroatoms. The highest BCUT2D eigenvalue weighted by molar-refractivity contribution is 6.30. The zero-order valence-electron chi connectivity index (χ0n) is 17.4. The highest BCUT2D eigenvalue weighted by Crippen LogP contribution is 2.23. The zero-order chi connectivity index (χ0) is 21.6. The van der Waals surface area contributed by atoms with Crippen LogP contribution in [-0.4, -0.2) is 29.1 Å². The third kappa shape index (κ3) is 5.86. The maximum Gasteiger partial charge on any atom is 0.323 e. The molecule has 0 saturated carbocycles. The van der Waals surface area contributed by atoms with Gasteiger partial charge in [-0.1, -0.05) is 11.6 Å². The molecule has 1 fully saturated rings. The number of urea groups is 1. The van der Waals surface area contributed by atoms with E-state index in [1.54, 1.807) is 24.3 Å². The van der Waals surface area contributed by atoms with Crippen molar-refractivity contribution in [1.82, 2.24) is 9.97 Å². The second-order valence-electron chi connectivity index (χ2n) is 7.49. The number of nitrogens with one attached hydrogen (secondary N) is 3. The Kier molecular flexibility index (Phi) is 6.52. The van der Waals surface area contributed by atoms with E-state index < -0.39 is 0 Å². The molecule has 0 aliphatic carbocycles. The van der Waals surface area contributed by atoms with Crippen LogP contribution in [0.25, 0.3) is 0 Å². The normalized spacial score (nSPS) is 13.5. The molecule has 7 nitrogen and oxygen atoms in total. The molecule has 0 bridgehead atoms. The van der Waals surface area contributed by atoms with Crippen LogP contribution in [0.4, 0.5) is 33.5 Å². The van der Waals surface area contributed by atoms with Crippen molar-refractivity contribution in [1.29, 1.82) is 0 Å². The third-order valence-electron chi connectivity index (χ3n) is 5.02. The summed E-state index contributed by atoms with van der Waals surface area (Å²) in [5, 5.41) is 9.54. The molecular weight excluding hydrogens is 412 g/mol. The van der Waals surface area contributed by atoms with Gasteiger partial charge in [-0.25, -0.2) is 14.8 Å². The SMILES string of the molecule is Cc1nc(Nc2ccc(NC(=O)Nc3ccc(Cl)cc3)cc2)cc(N2CCCCC2)n1. The molecule has 160 valence electrons. The lowest BCUT2D eigenvalue weighted by atomic mass is 10.1. The highest BCUT2D eigenvalue weighted by atomic mass is 35.5. The van der Waals surface area contributed by atoms with Crippen molar-refractivity contribution >= 4 is 46.3 Å². The first-order valence-corrected chi connectivity index (χ1v) is 10.7. The number of hydrogen-bond acceptors (Lipinski definition) is 5. The third-order valence-corrected chi connectivity index (χ3v) is 5.27. The quantitative estimate of drug-likeness (QED) is 0.469. The van der Waals surface area contributed by atoms with Gasteiger partial charge in [-0.2, -0.15) is 0 Å². The average Bonchev–Trinajstić information content (AvgIpc) is 2.77. The molecule has 1 aliphatic heterocycles. The molecule has 2 aromatic carbocycles. The number of aromatic nitrogens is 2. The fraction of sp³-hybridized carbons (Fsp3) is 0.261. The van der Waals surface area contributed by atoms with E-state index in [1.807, 2.05) is 37.3 Å². The van der Waals surface area contributed by atoms with Crippen LogP contribution in [0, 0.1) is 6.92 Å². The molecule has 31 heavy (non-hydrogen) atoms. The van der Waals surface area contributed by atoms with Crippen molar-refractivity contribution in [3.63, 3.8) is 0 Å². The maximum absolute atomic E-state index is 12.2. The van der Waals surface area contributed by atoms with E-state index in [4.69, 9.17) is 11.6 Å². The standard InChI is InChI=1S/C23H25ClN6O/c1-16-25-21(15-22(26-16)30-13-3-2-4-14-30)27-18-9-11-20(12-10-18)29-23(31)28-19-7-5-17(24)6-8-19/h5-12,15H,2-4,13-14H2,1H3,(H,25,26,27)(H2,28,29,31). The summed E-state index contributed by atoms with van der Waals surface area (Å²) in [4.78, 5) is 23.6. The molecular formula is C23H25ClN6O. The number of amides is 2. The largest absolute Gasteiger partial charge is 0.356 e. The first-order chi connectivity index (χ1) is 15.0. The zero-order valence-corrected chi connectivity index (χ0v) is 18.1. The molecule has 1 aliphatic rings. The minimum Gasteiger partial charge on any atom is -0.356 e. The van der Waals surface area contributed by atoms with Crippen LogP contribution < -0.4 is 20.9 Å². The monoisotopic (exact) mass is 436 g/mol. The smallest absolute Gasteiger partial charge is 0.323 e. The van der Waals surface area contributed by atoms with Crippen LogP contribution in [0.5, 0.6) is 0 Å². The summed E-state index contributed by atoms with van der Waals surface area (Å²) in [6.45, 7) is 3.98. The van der Waals surface area contributed by atoms with E-state index in [1.165, 1.54) is 19.3 Å². The topological polar surface area (TPSA) is 82.2 Å². The van der Waals surface area contributed by atoms with Gasteiger partial charge in [0.15, 0.2) is 0 Å². The second kappa shape index (κ2) is 9.66. The van der Waals surface area contributed by atoms with Crippen molar-refractivity contribution in [2.24, 2.45) is 0 Å². The van der Waals surface area contributed by atoms with Gasteiger partial charge in [0, 0.05) is 41.2 Å². The molecule has 4 rings (SSSR count). The molecule has 3 aromatic rings. The van der Waals surface area contributed by atoms with Crippen molar-refractivity contribution in [3.8, 4) is 0 Å². The van der Waals surface area contributed by atoms with E-state index in [-0.39, 0.29) is 6.03 Å². The van der Waals surface area contributed by atoms with Crippen molar-refractivity contribution in [2.45, 2.75) is 26.2 Å². The van der Waals surface area contributed by atoms with Gasteiger partial charge in [0.2, 0.25) is 0 Å². The average molecular weight is 437 g/mol. The van der Waals surface area contributed by atoms with Gasteiger partial charge in [-0.05, 0) is 74.7 Å². The summed E-state index contributed by atoms with van der Waals surface area (Å²) >= 11 is 5.86. The van der Waals surface area contributed by atoms with Crippen LogP contribution >= 0.6 is 11.6 Å². The number of benzene rings is 2. The van der Waals surface area contributed by atoms with Crippen LogP contribution in [0.2, 0.25) is 5.02 Å². The molecule has 0 atom stereocenters. The Bertz CT molecular complexity index is 1030. The Balaban J connectivity index is 1.37. The summed E-state index contributed by atoms with van der Waals surface area (Å²) in [7, 11) is 0. The van der Waals surface area contributed by atoms with Gasteiger partial charge in [0.25, 0.3) is 0 Å². The molecule has 0 radical (unpaired) electrons. The summed E-state index contributed by atoms with van der Waals surface area (Å²) in [6, 6.07) is 16.1. The lowest BCUT2D eigenvalue weighted by molar-refractivity contribution is 0.262. The number of nitrogens with zero attached hydrogens (tertiary/aromatic N) is 3. The highest BCUT2D eigenvalue weighted by Gasteiger charge is 2.14. The number of carbonyl (C=O) groups excluding carboxylic acids is 1. The van der Waals surface area contributed by atoms with Gasteiger partial charge >= 0.3 is 6.03 Å². The summed E-state index contributed by atoms with van der Waals surface area (Å²) in [6.07, 6.45) is 3.68. The first kappa shape index (κ1) is 20.9. The number of rotatable bonds is 5. The van der Waals surface area contributed by atoms with Gasteiger partial charge < -0.3 is 20.9 Å². The Morgan fingerprint density at radius 1 is 0.871 bits per heavy atom. The summed E-state index contributed by atoms with van der Waals surface area (Å²) in [5.41, 5.74) is 2.24. The molecule has 0 spiro atoms. The number of piperidine rings is 1. The predicted octanol–water partition coefficient (Wildman–Crippen LogP) is 5.82. The Morgan fingerprint density at radius 3 is 2.10 bits per heavy atom. The fourth-order valence-electron chi connectivity index (χ4n) is 3.51. The summed E-state index contributed by atoms with van der Waals surface area (Å²) < 4.78 is 0. The minimum atomic E-state index is -0.319. The molecule has 2 amide bonds. The van der Waals surface area contributed by atoms with Gasteiger partial charge in [-0.3, -0.25) is 0 Å². The lowest BCUT2D eigenvalue weighted by Crippen LogP contribution is -2.30. The van der Waals surface area contributed by atoms with Crippen LogP contribution in [0.1, 0.15) is 25.1 Å². The predicted molar refractivity (Wildman–Crippen MR) is 127 cm³/mol. The maximum atomic E-state index is 12.2. The molecule has 0 unspecified atom stereocenters. The van der Waals surface area contributed by atoms with E-state index in [0.717, 1.165) is 36.2 Å². The van der Waals surface area contributed by atoms with Gasteiger partial charge in [0.1, 0.15) is 17.5 Å². The van der Waals surface area contributed by atoms with Crippen molar-refractivity contribution in [2.75, 3.05) is 33.9 Å². The number of anilines is 5. The molecule has 3 N–H and O–H groups in total.